The molecule has 4 heteroatoms. The van der Waals surface area contributed by atoms with Crippen LogP contribution in [0.3, 0.4) is 0 Å². The number of rotatable bonds is 2. The second-order valence-electron chi connectivity index (χ2n) is 2.26. The summed E-state index contributed by atoms with van der Waals surface area (Å²) in [5.74, 6) is 1.07. The lowest BCUT2D eigenvalue weighted by Crippen LogP contribution is -2.06. The van der Waals surface area contributed by atoms with Crippen LogP contribution in [0.2, 0.25) is 0 Å². The molecular weight excluding hydrogens is 204 g/mol. The molecule has 0 unspecified atom stereocenters. The molecule has 0 atom stereocenters. The maximum absolute atomic E-state index is 10.6. The SMILES string of the molecule is CC.CC.COc1ccc(NC(C)=O)nc1. The molecule has 0 bridgehead atoms. The average Bonchev–Trinajstić information content (AvgIpc) is 2.34. The maximum Gasteiger partial charge on any atom is 0.222 e. The van der Waals surface area contributed by atoms with Crippen molar-refractivity contribution < 1.29 is 9.53 Å². The first-order valence-electron chi connectivity index (χ1n) is 5.50. The summed E-state index contributed by atoms with van der Waals surface area (Å²) in [6, 6.07) is 3.42. The third-order valence-electron chi connectivity index (χ3n) is 1.28. The predicted molar refractivity (Wildman–Crippen MR) is 67.8 cm³/mol. The Kier molecular flexibility index (Phi) is 12.1. The van der Waals surface area contributed by atoms with Crippen molar-refractivity contribution in [3.8, 4) is 5.75 Å². The molecule has 92 valence electrons. The fourth-order valence-electron chi connectivity index (χ4n) is 0.755. The smallest absolute Gasteiger partial charge is 0.222 e. The average molecular weight is 226 g/mol. The van der Waals surface area contributed by atoms with Gasteiger partial charge in [0.05, 0.1) is 13.3 Å². The van der Waals surface area contributed by atoms with Crippen LogP contribution in [-0.4, -0.2) is 18.0 Å². The van der Waals surface area contributed by atoms with Gasteiger partial charge < -0.3 is 10.1 Å². The van der Waals surface area contributed by atoms with Crippen LogP contribution in [0.1, 0.15) is 34.6 Å². The summed E-state index contributed by atoms with van der Waals surface area (Å²) in [5, 5.41) is 2.55. The van der Waals surface area contributed by atoms with Crippen LogP contribution in [0.4, 0.5) is 5.82 Å². The number of methoxy groups -OCH3 is 1. The molecule has 0 fully saturated rings. The highest BCUT2D eigenvalue weighted by molar-refractivity contribution is 5.87. The molecule has 0 radical (unpaired) electrons. The zero-order chi connectivity index (χ0) is 13.0. The van der Waals surface area contributed by atoms with Crippen molar-refractivity contribution in [2.45, 2.75) is 34.6 Å². The molecule has 0 aromatic carbocycles. The normalized spacial score (nSPS) is 7.62. The fourth-order valence-corrected chi connectivity index (χ4v) is 0.755. The molecular formula is C12H22N2O2. The van der Waals surface area contributed by atoms with Crippen LogP contribution in [0.15, 0.2) is 18.3 Å². The van der Waals surface area contributed by atoms with Gasteiger partial charge in [-0.1, -0.05) is 27.7 Å². The van der Waals surface area contributed by atoms with Gasteiger partial charge in [0.15, 0.2) is 0 Å². The summed E-state index contributed by atoms with van der Waals surface area (Å²) < 4.78 is 4.90. The van der Waals surface area contributed by atoms with E-state index in [4.69, 9.17) is 4.74 Å². The number of carbonyl (C=O) groups excluding carboxylic acids is 1. The highest BCUT2D eigenvalue weighted by atomic mass is 16.5. The molecule has 1 aromatic heterocycles. The monoisotopic (exact) mass is 226 g/mol. The van der Waals surface area contributed by atoms with Gasteiger partial charge in [0, 0.05) is 6.92 Å². The zero-order valence-electron chi connectivity index (χ0n) is 11.0. The summed E-state index contributed by atoms with van der Waals surface area (Å²) in [7, 11) is 1.56. The first-order chi connectivity index (χ1) is 7.72. The topological polar surface area (TPSA) is 51.2 Å². The van der Waals surface area contributed by atoms with E-state index in [0.717, 1.165) is 0 Å². The molecule has 1 aromatic rings. The van der Waals surface area contributed by atoms with E-state index >= 15 is 0 Å². The highest BCUT2D eigenvalue weighted by Crippen LogP contribution is 2.10. The number of nitrogens with one attached hydrogen (secondary N) is 1. The molecule has 1 N–H and O–H groups in total. The van der Waals surface area contributed by atoms with Crippen molar-refractivity contribution in [3.63, 3.8) is 0 Å². The number of anilines is 1. The lowest BCUT2D eigenvalue weighted by atomic mass is 10.4. The minimum atomic E-state index is -0.132. The first-order valence-corrected chi connectivity index (χ1v) is 5.50. The van der Waals surface area contributed by atoms with Crippen molar-refractivity contribution in [2.75, 3.05) is 12.4 Å². The third-order valence-corrected chi connectivity index (χ3v) is 1.28. The highest BCUT2D eigenvalue weighted by Gasteiger charge is 1.96. The van der Waals surface area contributed by atoms with Crippen molar-refractivity contribution in [2.24, 2.45) is 0 Å². The van der Waals surface area contributed by atoms with E-state index in [1.807, 2.05) is 27.7 Å². The summed E-state index contributed by atoms with van der Waals surface area (Å²) in [6.07, 6.45) is 1.55. The van der Waals surface area contributed by atoms with E-state index in [-0.39, 0.29) is 5.91 Å². The number of ether oxygens (including phenoxy) is 1. The van der Waals surface area contributed by atoms with Gasteiger partial charge in [0.1, 0.15) is 11.6 Å². The quantitative estimate of drug-likeness (QED) is 0.843. The van der Waals surface area contributed by atoms with Gasteiger partial charge in [-0.15, -0.1) is 0 Å². The molecule has 0 aliphatic rings. The van der Waals surface area contributed by atoms with E-state index in [0.29, 0.717) is 11.6 Å². The number of carbonyl (C=O) groups is 1. The van der Waals surface area contributed by atoms with E-state index in [1.54, 1.807) is 25.4 Å². The summed E-state index contributed by atoms with van der Waals surface area (Å²) in [4.78, 5) is 14.5. The van der Waals surface area contributed by atoms with Crippen molar-refractivity contribution in [1.29, 1.82) is 0 Å². The lowest BCUT2D eigenvalue weighted by molar-refractivity contribution is -0.114. The summed E-state index contributed by atoms with van der Waals surface area (Å²) in [6.45, 7) is 9.44. The van der Waals surface area contributed by atoms with E-state index < -0.39 is 0 Å². The zero-order valence-corrected chi connectivity index (χ0v) is 11.0. The molecule has 0 saturated heterocycles. The van der Waals surface area contributed by atoms with Gasteiger partial charge in [-0.05, 0) is 12.1 Å². The second-order valence-corrected chi connectivity index (χ2v) is 2.26. The number of hydrogen-bond donors (Lipinski definition) is 1. The van der Waals surface area contributed by atoms with Crippen LogP contribution in [0.5, 0.6) is 5.75 Å². The van der Waals surface area contributed by atoms with E-state index in [2.05, 4.69) is 10.3 Å². The second kappa shape index (κ2) is 11.5. The summed E-state index contributed by atoms with van der Waals surface area (Å²) in [5.41, 5.74) is 0. The van der Waals surface area contributed by atoms with Gasteiger partial charge in [-0.2, -0.15) is 0 Å². The van der Waals surface area contributed by atoms with Crippen molar-refractivity contribution >= 4 is 11.7 Å². The Morgan fingerprint density at radius 1 is 1.25 bits per heavy atom. The largest absolute Gasteiger partial charge is 0.495 e. The standard InChI is InChI=1S/C8H10N2O2.2C2H6/c1-6(11)10-8-4-3-7(12-2)5-9-8;2*1-2/h3-5H,1-2H3,(H,9,10,11);2*1-2H3. The van der Waals surface area contributed by atoms with Crippen LogP contribution in [0.25, 0.3) is 0 Å². The molecule has 0 spiro atoms. The number of hydrogen-bond acceptors (Lipinski definition) is 3. The van der Waals surface area contributed by atoms with Crippen LogP contribution < -0.4 is 10.1 Å². The number of amides is 1. The Morgan fingerprint density at radius 3 is 2.12 bits per heavy atom. The molecule has 0 saturated carbocycles. The molecule has 1 heterocycles. The van der Waals surface area contributed by atoms with Crippen LogP contribution >= 0.6 is 0 Å². The summed E-state index contributed by atoms with van der Waals surface area (Å²) >= 11 is 0. The molecule has 1 amide bonds. The number of aromatic nitrogens is 1. The van der Waals surface area contributed by atoms with Crippen molar-refractivity contribution in [1.82, 2.24) is 4.98 Å². The molecule has 4 nitrogen and oxygen atoms in total. The lowest BCUT2D eigenvalue weighted by Gasteiger charge is -2.01. The van der Waals surface area contributed by atoms with Crippen LogP contribution in [-0.2, 0) is 4.79 Å². The molecule has 1 rings (SSSR count). The maximum atomic E-state index is 10.6. The van der Waals surface area contributed by atoms with Gasteiger partial charge in [-0.25, -0.2) is 4.98 Å². The third kappa shape index (κ3) is 7.79. The van der Waals surface area contributed by atoms with Gasteiger partial charge in [0.25, 0.3) is 0 Å². The molecule has 0 aliphatic heterocycles. The Hall–Kier alpha value is -1.58. The van der Waals surface area contributed by atoms with E-state index in [1.165, 1.54) is 6.92 Å². The number of pyridine rings is 1. The van der Waals surface area contributed by atoms with Crippen LogP contribution in [0, 0.1) is 0 Å². The predicted octanol–water partition coefficient (Wildman–Crippen LogP) is 3.10. The minimum Gasteiger partial charge on any atom is -0.495 e. The first kappa shape index (κ1) is 16.8. The Labute approximate surface area is 98.0 Å². The fraction of sp³-hybridized carbons (Fsp3) is 0.500. The van der Waals surface area contributed by atoms with E-state index in [9.17, 15) is 4.79 Å². The Bertz CT molecular complexity index is 271. The minimum absolute atomic E-state index is 0.132. The van der Waals surface area contributed by atoms with Crippen molar-refractivity contribution in [3.05, 3.63) is 18.3 Å². The van der Waals surface area contributed by atoms with Gasteiger partial charge >= 0.3 is 0 Å². The Morgan fingerprint density at radius 2 is 1.81 bits per heavy atom. The number of nitrogens with zero attached hydrogens (tertiary/aromatic N) is 1. The molecule has 16 heavy (non-hydrogen) atoms. The van der Waals surface area contributed by atoms with Gasteiger partial charge in [-0.3, -0.25) is 4.79 Å². The van der Waals surface area contributed by atoms with Gasteiger partial charge in [0.2, 0.25) is 5.91 Å². The molecule has 0 aliphatic carbocycles. The Balaban J connectivity index is 0.